The monoisotopic (exact) mass is 283 g/mol. The molecular weight excluding hydrogens is 273 g/mol. The van der Waals surface area contributed by atoms with Gasteiger partial charge in [-0.05, 0) is 24.3 Å². The molecule has 0 saturated carbocycles. The number of nitrogens with zero attached hydrogens (tertiary/aromatic N) is 1. The number of carbonyl (C=O) groups excluding carboxylic acids is 1. The number of fused-ring (bicyclic) bond motifs is 1. The molecule has 4 nitrogen and oxygen atoms in total. The van der Waals surface area contributed by atoms with Gasteiger partial charge in [0.2, 0.25) is 0 Å². The molecule has 0 atom stereocenters. The summed E-state index contributed by atoms with van der Waals surface area (Å²) in [6.45, 7) is 0. The van der Waals surface area contributed by atoms with Gasteiger partial charge in [-0.2, -0.15) is 0 Å². The second-order valence-corrected chi connectivity index (χ2v) is 2.91. The molecule has 1 aromatic carbocycles. The van der Waals surface area contributed by atoms with Gasteiger partial charge in [0, 0.05) is 5.39 Å². The van der Waals surface area contributed by atoms with Gasteiger partial charge in [0.25, 0.3) is 0 Å². The Hall–Kier alpha value is -1.58. The molecule has 0 radical (unpaired) electrons. The van der Waals surface area contributed by atoms with Gasteiger partial charge in [-0.1, -0.05) is 6.07 Å². The minimum absolute atomic E-state index is 0.447. The molecule has 0 N–H and O–H groups in total. The fourth-order valence-electron chi connectivity index (χ4n) is 1.31. The van der Waals surface area contributed by atoms with Crippen molar-refractivity contribution < 1.29 is 13.4 Å². The third-order valence-corrected chi connectivity index (χ3v) is 2.04. The number of aldehydes is 1. The first-order valence-corrected chi connectivity index (χ1v) is 5.10. The van der Waals surface area contributed by atoms with Crippen LogP contribution in [0.25, 0.3) is 10.9 Å². The summed E-state index contributed by atoms with van der Waals surface area (Å²) in [5.41, 5.74) is 1.25. The van der Waals surface area contributed by atoms with Crippen molar-refractivity contribution in [2.24, 2.45) is 0 Å². The van der Waals surface area contributed by atoms with E-state index in [1.807, 2.05) is 24.3 Å². The third kappa shape index (κ3) is 2.72. The summed E-state index contributed by atoms with van der Waals surface area (Å²) in [5, 5.41) is 0.968. The van der Waals surface area contributed by atoms with Crippen molar-refractivity contribution in [2.75, 3.05) is 7.11 Å². The summed E-state index contributed by atoms with van der Waals surface area (Å²) in [4.78, 5) is 14.6. The molecular formula is C11H9NO3Se. The molecule has 0 aliphatic rings. The first-order chi connectivity index (χ1) is 7.83. The van der Waals surface area contributed by atoms with Crippen molar-refractivity contribution >= 4 is 33.1 Å². The summed E-state index contributed by atoms with van der Waals surface area (Å²) in [6.07, 6.45) is 0.740. The SMILES string of the molecule is COc1ccc2nc(C=O)ccc2c1.O=[Se]. The van der Waals surface area contributed by atoms with Crippen LogP contribution in [0, 0.1) is 0 Å². The van der Waals surface area contributed by atoms with E-state index in [-0.39, 0.29) is 0 Å². The summed E-state index contributed by atoms with van der Waals surface area (Å²) in [5.74, 6) is 0.790. The number of ether oxygens (including phenoxy) is 1. The van der Waals surface area contributed by atoms with E-state index in [4.69, 9.17) is 8.57 Å². The molecule has 5 heteroatoms. The molecule has 1 heterocycles. The topological polar surface area (TPSA) is 56.3 Å². The van der Waals surface area contributed by atoms with Gasteiger partial charge < -0.3 is 4.74 Å². The van der Waals surface area contributed by atoms with E-state index < -0.39 is 0 Å². The number of pyridine rings is 1. The van der Waals surface area contributed by atoms with Crippen molar-refractivity contribution in [3.05, 3.63) is 36.0 Å². The third-order valence-electron chi connectivity index (χ3n) is 2.04. The molecule has 0 spiro atoms. The van der Waals surface area contributed by atoms with Crippen molar-refractivity contribution in [2.45, 2.75) is 0 Å². The van der Waals surface area contributed by atoms with Gasteiger partial charge in [-0.15, -0.1) is 0 Å². The van der Waals surface area contributed by atoms with Crippen LogP contribution in [0.1, 0.15) is 10.5 Å². The number of methoxy groups -OCH3 is 1. The number of hydrogen-bond acceptors (Lipinski definition) is 4. The van der Waals surface area contributed by atoms with Gasteiger partial charge >= 0.3 is 19.8 Å². The average Bonchev–Trinajstić information content (AvgIpc) is 2.39. The number of carbonyl (C=O) groups is 1. The molecule has 2 rings (SSSR count). The maximum absolute atomic E-state index is 10.5. The van der Waals surface area contributed by atoms with Crippen molar-refractivity contribution in [3.63, 3.8) is 0 Å². The molecule has 0 saturated heterocycles. The molecule has 0 fully saturated rings. The second kappa shape index (κ2) is 6.10. The zero-order valence-electron chi connectivity index (χ0n) is 8.54. The van der Waals surface area contributed by atoms with E-state index in [1.165, 1.54) is 15.9 Å². The molecule has 0 aliphatic heterocycles. The van der Waals surface area contributed by atoms with Gasteiger partial charge in [0.1, 0.15) is 11.4 Å². The quantitative estimate of drug-likeness (QED) is 0.619. The van der Waals surface area contributed by atoms with Crippen LogP contribution in [0.3, 0.4) is 0 Å². The number of aromatic nitrogens is 1. The van der Waals surface area contributed by atoms with Crippen LogP contribution in [0.5, 0.6) is 5.75 Å². The Morgan fingerprint density at radius 2 is 2.00 bits per heavy atom. The average molecular weight is 282 g/mol. The molecule has 0 bridgehead atoms. The van der Waals surface area contributed by atoms with Crippen molar-refractivity contribution in [1.29, 1.82) is 0 Å². The van der Waals surface area contributed by atoms with Crippen LogP contribution < -0.4 is 4.74 Å². The van der Waals surface area contributed by atoms with E-state index in [1.54, 1.807) is 13.2 Å². The van der Waals surface area contributed by atoms with Crippen LogP contribution in [-0.4, -0.2) is 34.3 Å². The molecule has 1 aromatic heterocycles. The van der Waals surface area contributed by atoms with Gasteiger partial charge in [0.15, 0.2) is 6.29 Å². The predicted octanol–water partition coefficient (Wildman–Crippen LogP) is 1.56. The number of hydrogen-bond donors (Lipinski definition) is 0. The van der Waals surface area contributed by atoms with Crippen molar-refractivity contribution in [1.82, 2.24) is 4.98 Å². The van der Waals surface area contributed by atoms with Crippen LogP contribution in [0.4, 0.5) is 0 Å². The Morgan fingerprint density at radius 1 is 1.25 bits per heavy atom. The Bertz CT molecular complexity index is 502. The van der Waals surface area contributed by atoms with E-state index in [2.05, 4.69) is 4.98 Å². The standard InChI is InChI=1S/C11H9NO2.OSe/c1-14-10-4-5-11-8(6-10)2-3-9(7-13)12-11;1-2/h2-7H,1H3;. The van der Waals surface area contributed by atoms with E-state index >= 15 is 0 Å². The summed E-state index contributed by atoms with van der Waals surface area (Å²) in [7, 11) is 1.62. The zero-order chi connectivity index (χ0) is 12.0. The van der Waals surface area contributed by atoms with Gasteiger partial charge in [-0.3, -0.25) is 4.79 Å². The first kappa shape index (κ1) is 12.5. The molecule has 82 valence electrons. The van der Waals surface area contributed by atoms with Gasteiger partial charge in [0.05, 0.1) is 12.6 Å². The molecule has 16 heavy (non-hydrogen) atoms. The van der Waals surface area contributed by atoms with Crippen LogP contribution >= 0.6 is 0 Å². The number of benzene rings is 1. The number of rotatable bonds is 2. The fraction of sp³-hybridized carbons (Fsp3) is 0.0909. The second-order valence-electron chi connectivity index (χ2n) is 2.91. The molecule has 0 amide bonds. The Morgan fingerprint density at radius 3 is 2.62 bits per heavy atom. The summed E-state index contributed by atoms with van der Waals surface area (Å²) in [6, 6.07) is 9.09. The molecule has 2 aromatic rings. The zero-order valence-corrected chi connectivity index (χ0v) is 10.3. The normalized spacial score (nSPS) is 9.06. The van der Waals surface area contributed by atoms with Crippen LogP contribution in [0.2, 0.25) is 0 Å². The Kier molecular flexibility index (Phi) is 4.76. The summed E-state index contributed by atoms with van der Waals surface area (Å²) >= 11 is 1.38. The summed E-state index contributed by atoms with van der Waals surface area (Å²) < 4.78 is 13.2. The molecule has 0 aliphatic carbocycles. The Balaban J connectivity index is 0.000000606. The van der Waals surface area contributed by atoms with Gasteiger partial charge in [-0.25, -0.2) is 4.98 Å². The van der Waals surface area contributed by atoms with E-state index in [0.29, 0.717) is 5.69 Å². The fourth-order valence-corrected chi connectivity index (χ4v) is 1.31. The van der Waals surface area contributed by atoms with Crippen molar-refractivity contribution in [3.8, 4) is 5.75 Å². The molecule has 0 unspecified atom stereocenters. The van der Waals surface area contributed by atoms with Crippen LogP contribution in [-0.2, 0) is 3.83 Å². The maximum atomic E-state index is 10.5. The van der Waals surface area contributed by atoms with E-state index in [9.17, 15) is 4.79 Å². The minimum atomic E-state index is 0.447. The first-order valence-electron chi connectivity index (χ1n) is 4.40. The van der Waals surface area contributed by atoms with Crippen LogP contribution in [0.15, 0.2) is 30.3 Å². The Labute approximate surface area is 101 Å². The predicted molar refractivity (Wildman–Crippen MR) is 60.1 cm³/mol. The van der Waals surface area contributed by atoms with E-state index in [0.717, 1.165) is 22.9 Å².